The first kappa shape index (κ1) is 9.48. The molecule has 1 heterocycles. The molecule has 2 atom stereocenters. The average molecular weight is 173 g/mol. The Morgan fingerprint density at radius 3 is 2.92 bits per heavy atom. The Bertz CT molecular complexity index is 179. The largest absolute Gasteiger partial charge is 0.465 e. The van der Waals surface area contributed by atoms with Crippen molar-refractivity contribution in [1.82, 2.24) is 5.32 Å². The van der Waals surface area contributed by atoms with Crippen LogP contribution in [0.2, 0.25) is 0 Å². The van der Waals surface area contributed by atoms with Gasteiger partial charge in [-0.15, -0.1) is 0 Å². The van der Waals surface area contributed by atoms with Gasteiger partial charge in [0.15, 0.2) is 0 Å². The van der Waals surface area contributed by atoms with Crippen molar-refractivity contribution in [2.24, 2.45) is 0 Å². The maximum atomic E-state index is 11.2. The van der Waals surface area contributed by atoms with Gasteiger partial charge in [-0.3, -0.25) is 4.79 Å². The predicted octanol–water partition coefficient (Wildman–Crippen LogP) is -0.338. The van der Waals surface area contributed by atoms with Gasteiger partial charge < -0.3 is 15.2 Å². The molecule has 1 aliphatic heterocycles. The van der Waals surface area contributed by atoms with Crippen LogP contribution in [0.25, 0.3) is 0 Å². The summed E-state index contributed by atoms with van der Waals surface area (Å²) in [5.74, 6) is -0.361. The molecule has 1 aliphatic rings. The predicted molar refractivity (Wildman–Crippen MR) is 43.7 cm³/mol. The summed E-state index contributed by atoms with van der Waals surface area (Å²) in [6.07, 6.45) is 0.594. The first-order valence-electron chi connectivity index (χ1n) is 4.20. The first-order valence-corrected chi connectivity index (χ1v) is 4.20. The SMILES string of the molecule is CCOC(=O)[C@H]1NCCC1(C)O. The van der Waals surface area contributed by atoms with Crippen molar-refractivity contribution in [1.29, 1.82) is 0 Å². The standard InChI is InChI=1S/C8H15NO3/c1-3-12-7(10)6-8(2,11)4-5-9-6/h6,9,11H,3-5H2,1-2H3/t6-,8?/m1/s1. The van der Waals surface area contributed by atoms with Gasteiger partial charge in [0, 0.05) is 0 Å². The molecule has 4 nitrogen and oxygen atoms in total. The van der Waals surface area contributed by atoms with E-state index in [2.05, 4.69) is 5.32 Å². The summed E-state index contributed by atoms with van der Waals surface area (Å²) >= 11 is 0. The molecule has 0 aromatic carbocycles. The molecule has 0 aliphatic carbocycles. The summed E-state index contributed by atoms with van der Waals surface area (Å²) in [7, 11) is 0. The van der Waals surface area contributed by atoms with Gasteiger partial charge >= 0.3 is 5.97 Å². The monoisotopic (exact) mass is 173 g/mol. The Balaban J connectivity index is 2.56. The lowest BCUT2D eigenvalue weighted by molar-refractivity contribution is -0.150. The van der Waals surface area contributed by atoms with E-state index in [1.165, 1.54) is 0 Å². The van der Waals surface area contributed by atoms with E-state index in [-0.39, 0.29) is 5.97 Å². The van der Waals surface area contributed by atoms with Crippen LogP contribution < -0.4 is 5.32 Å². The number of rotatable bonds is 2. The fraction of sp³-hybridized carbons (Fsp3) is 0.875. The number of hydrogen-bond donors (Lipinski definition) is 2. The normalized spacial score (nSPS) is 35.1. The maximum Gasteiger partial charge on any atom is 0.326 e. The van der Waals surface area contributed by atoms with Crippen LogP contribution in [0.1, 0.15) is 20.3 Å². The first-order chi connectivity index (χ1) is 5.58. The Hall–Kier alpha value is -0.610. The Kier molecular flexibility index (Phi) is 2.69. The molecule has 1 fully saturated rings. The topological polar surface area (TPSA) is 58.6 Å². The van der Waals surface area contributed by atoms with Crippen LogP contribution in [0.3, 0.4) is 0 Å². The molecule has 0 saturated carbocycles. The fourth-order valence-corrected chi connectivity index (χ4v) is 1.40. The highest BCUT2D eigenvalue weighted by Gasteiger charge is 2.42. The Labute approximate surface area is 71.9 Å². The van der Waals surface area contributed by atoms with Crippen LogP contribution in [0.15, 0.2) is 0 Å². The van der Waals surface area contributed by atoms with Gasteiger partial charge in [-0.1, -0.05) is 0 Å². The zero-order valence-corrected chi connectivity index (χ0v) is 7.46. The van der Waals surface area contributed by atoms with Crippen LogP contribution in [0.4, 0.5) is 0 Å². The van der Waals surface area contributed by atoms with E-state index in [9.17, 15) is 9.90 Å². The van der Waals surface area contributed by atoms with Crippen LogP contribution in [0.5, 0.6) is 0 Å². The second kappa shape index (κ2) is 3.41. The van der Waals surface area contributed by atoms with E-state index in [0.717, 1.165) is 0 Å². The number of carbonyl (C=O) groups is 1. The molecule has 4 heteroatoms. The van der Waals surface area contributed by atoms with Gasteiger partial charge in [-0.05, 0) is 26.8 Å². The van der Waals surface area contributed by atoms with E-state index in [0.29, 0.717) is 19.6 Å². The molecule has 1 unspecified atom stereocenters. The molecular formula is C8H15NO3. The van der Waals surface area contributed by atoms with Gasteiger partial charge in [0.05, 0.1) is 12.2 Å². The summed E-state index contributed by atoms with van der Waals surface area (Å²) in [6, 6.07) is -0.558. The van der Waals surface area contributed by atoms with E-state index >= 15 is 0 Å². The van der Waals surface area contributed by atoms with Crippen molar-refractivity contribution in [2.75, 3.05) is 13.2 Å². The molecule has 0 aromatic heterocycles. The second-order valence-electron chi connectivity index (χ2n) is 3.25. The number of hydrogen-bond acceptors (Lipinski definition) is 4. The van der Waals surface area contributed by atoms with E-state index in [4.69, 9.17) is 4.74 Å². The van der Waals surface area contributed by atoms with Gasteiger partial charge in [-0.2, -0.15) is 0 Å². The van der Waals surface area contributed by atoms with Crippen LogP contribution in [-0.4, -0.2) is 35.9 Å². The van der Waals surface area contributed by atoms with Gasteiger partial charge in [-0.25, -0.2) is 0 Å². The van der Waals surface area contributed by atoms with Gasteiger partial charge in [0.2, 0.25) is 0 Å². The number of ether oxygens (including phenoxy) is 1. The third-order valence-electron chi connectivity index (χ3n) is 2.12. The number of aliphatic hydroxyl groups is 1. The van der Waals surface area contributed by atoms with Crippen molar-refractivity contribution in [3.63, 3.8) is 0 Å². The summed E-state index contributed by atoms with van der Waals surface area (Å²) in [6.45, 7) is 4.42. The molecule has 2 N–H and O–H groups in total. The second-order valence-corrected chi connectivity index (χ2v) is 3.25. The maximum absolute atomic E-state index is 11.2. The number of carbonyl (C=O) groups excluding carboxylic acids is 1. The quantitative estimate of drug-likeness (QED) is 0.561. The van der Waals surface area contributed by atoms with Crippen molar-refractivity contribution < 1.29 is 14.6 Å². The summed E-state index contributed by atoms with van der Waals surface area (Å²) in [4.78, 5) is 11.2. The molecule has 0 amide bonds. The molecule has 1 saturated heterocycles. The zero-order chi connectivity index (χ0) is 9.19. The third kappa shape index (κ3) is 1.76. The van der Waals surface area contributed by atoms with E-state index in [1.807, 2.05) is 0 Å². The molecule has 0 spiro atoms. The minimum absolute atomic E-state index is 0.354. The summed E-state index contributed by atoms with van der Waals surface area (Å²) in [5.41, 5.74) is -0.952. The fourth-order valence-electron chi connectivity index (χ4n) is 1.40. The number of esters is 1. The lowest BCUT2D eigenvalue weighted by Gasteiger charge is -2.22. The van der Waals surface area contributed by atoms with Crippen molar-refractivity contribution in [3.05, 3.63) is 0 Å². The molecule has 1 rings (SSSR count). The van der Waals surface area contributed by atoms with Crippen LogP contribution >= 0.6 is 0 Å². The van der Waals surface area contributed by atoms with Crippen LogP contribution in [0, 0.1) is 0 Å². The highest BCUT2D eigenvalue weighted by atomic mass is 16.5. The van der Waals surface area contributed by atoms with Crippen molar-refractivity contribution in [3.8, 4) is 0 Å². The minimum Gasteiger partial charge on any atom is -0.465 e. The molecular weight excluding hydrogens is 158 g/mol. The third-order valence-corrected chi connectivity index (χ3v) is 2.12. The summed E-state index contributed by atoms with van der Waals surface area (Å²) in [5, 5.41) is 12.6. The minimum atomic E-state index is -0.952. The highest BCUT2D eigenvalue weighted by Crippen LogP contribution is 2.20. The van der Waals surface area contributed by atoms with E-state index < -0.39 is 11.6 Å². The van der Waals surface area contributed by atoms with Gasteiger partial charge in [0.25, 0.3) is 0 Å². The molecule has 0 bridgehead atoms. The molecule has 0 radical (unpaired) electrons. The van der Waals surface area contributed by atoms with Crippen LogP contribution in [-0.2, 0) is 9.53 Å². The number of nitrogens with one attached hydrogen (secondary N) is 1. The van der Waals surface area contributed by atoms with E-state index in [1.54, 1.807) is 13.8 Å². The highest BCUT2D eigenvalue weighted by molar-refractivity contribution is 5.77. The lowest BCUT2D eigenvalue weighted by Crippen LogP contribution is -2.47. The smallest absolute Gasteiger partial charge is 0.326 e. The lowest BCUT2D eigenvalue weighted by atomic mass is 9.98. The molecule has 0 aromatic rings. The summed E-state index contributed by atoms with van der Waals surface area (Å²) < 4.78 is 4.80. The average Bonchev–Trinajstić information content (AvgIpc) is 2.30. The Morgan fingerprint density at radius 1 is 1.83 bits per heavy atom. The van der Waals surface area contributed by atoms with Crippen molar-refractivity contribution >= 4 is 5.97 Å². The molecule has 12 heavy (non-hydrogen) atoms. The van der Waals surface area contributed by atoms with Gasteiger partial charge in [0.1, 0.15) is 6.04 Å². The Morgan fingerprint density at radius 2 is 2.50 bits per heavy atom. The zero-order valence-electron chi connectivity index (χ0n) is 7.46. The molecule has 70 valence electrons. The van der Waals surface area contributed by atoms with Crippen molar-refractivity contribution in [2.45, 2.75) is 31.9 Å².